The second-order valence-corrected chi connectivity index (χ2v) is 5.41. The summed E-state index contributed by atoms with van der Waals surface area (Å²) in [5, 5.41) is 3.30. The molecule has 0 unspecified atom stereocenters. The first kappa shape index (κ1) is 17.9. The Morgan fingerprint density at radius 1 is 1.12 bits per heavy atom. The van der Waals surface area contributed by atoms with Crippen molar-refractivity contribution in [2.24, 2.45) is 0 Å². The molecule has 2 rings (SSSR count). The van der Waals surface area contributed by atoms with E-state index in [-0.39, 0.29) is 5.91 Å². The lowest BCUT2D eigenvalue weighted by molar-refractivity contribution is -0.127. The average molecular weight is 350 g/mol. The van der Waals surface area contributed by atoms with Gasteiger partial charge in [0.2, 0.25) is 0 Å². The van der Waals surface area contributed by atoms with Crippen LogP contribution in [0.2, 0.25) is 5.02 Å². The molecule has 1 amide bonds. The van der Waals surface area contributed by atoms with Crippen LogP contribution in [0.5, 0.6) is 17.2 Å². The third-order valence-corrected chi connectivity index (χ3v) is 3.55. The molecule has 0 aliphatic carbocycles. The van der Waals surface area contributed by atoms with E-state index in [9.17, 15) is 4.79 Å². The highest BCUT2D eigenvalue weighted by Crippen LogP contribution is 2.22. The molecule has 2 aromatic rings. The van der Waals surface area contributed by atoms with Crippen molar-refractivity contribution >= 4 is 17.5 Å². The van der Waals surface area contributed by atoms with Gasteiger partial charge < -0.3 is 19.5 Å². The minimum Gasteiger partial charge on any atom is -0.497 e. The smallest absolute Gasteiger partial charge is 0.260 e. The quantitative estimate of drug-likeness (QED) is 0.743. The van der Waals surface area contributed by atoms with E-state index in [0.29, 0.717) is 29.7 Å². The van der Waals surface area contributed by atoms with Crippen molar-refractivity contribution in [2.75, 3.05) is 20.3 Å². The number of hydrogen-bond acceptors (Lipinski definition) is 4. The van der Waals surface area contributed by atoms with Crippen molar-refractivity contribution in [3.8, 4) is 17.2 Å². The minimum absolute atomic E-state index is 0.214. The van der Waals surface area contributed by atoms with Crippen LogP contribution in [0.15, 0.2) is 48.5 Å². The number of halogens is 1. The van der Waals surface area contributed by atoms with E-state index in [4.69, 9.17) is 25.8 Å². The Balaban J connectivity index is 1.72. The molecule has 0 aliphatic rings. The minimum atomic E-state index is -0.612. The molecule has 1 N–H and O–H groups in total. The van der Waals surface area contributed by atoms with Crippen molar-refractivity contribution in [3.63, 3.8) is 0 Å². The molecule has 5 nitrogen and oxygen atoms in total. The second-order valence-electron chi connectivity index (χ2n) is 5.01. The summed E-state index contributed by atoms with van der Waals surface area (Å²) in [6.45, 7) is 2.37. The van der Waals surface area contributed by atoms with Crippen LogP contribution < -0.4 is 19.5 Å². The van der Waals surface area contributed by atoms with Crippen molar-refractivity contribution in [1.29, 1.82) is 0 Å². The van der Waals surface area contributed by atoms with E-state index in [2.05, 4.69) is 5.32 Å². The molecular weight excluding hydrogens is 330 g/mol. The van der Waals surface area contributed by atoms with Crippen LogP contribution in [-0.2, 0) is 4.79 Å². The van der Waals surface area contributed by atoms with Gasteiger partial charge >= 0.3 is 0 Å². The molecule has 0 fully saturated rings. The van der Waals surface area contributed by atoms with Crippen molar-refractivity contribution < 1.29 is 19.0 Å². The summed E-state index contributed by atoms with van der Waals surface area (Å²) in [6.07, 6.45) is -0.612. The Morgan fingerprint density at radius 2 is 1.79 bits per heavy atom. The van der Waals surface area contributed by atoms with Crippen LogP contribution in [0.3, 0.4) is 0 Å². The summed E-state index contributed by atoms with van der Waals surface area (Å²) in [5.41, 5.74) is 0. The molecule has 128 valence electrons. The highest BCUT2D eigenvalue weighted by molar-refractivity contribution is 6.32. The first-order chi connectivity index (χ1) is 11.6. The number of rotatable bonds is 8. The Morgan fingerprint density at radius 3 is 2.46 bits per heavy atom. The van der Waals surface area contributed by atoms with Crippen LogP contribution in [-0.4, -0.2) is 32.3 Å². The van der Waals surface area contributed by atoms with E-state index in [0.717, 1.165) is 5.75 Å². The normalized spacial score (nSPS) is 11.5. The van der Waals surface area contributed by atoms with Gasteiger partial charge in [0.15, 0.2) is 6.10 Å². The molecule has 0 aliphatic heterocycles. The van der Waals surface area contributed by atoms with Gasteiger partial charge in [-0.15, -0.1) is 0 Å². The molecular formula is C18H20ClNO4. The molecule has 0 saturated heterocycles. The monoisotopic (exact) mass is 349 g/mol. The van der Waals surface area contributed by atoms with Gasteiger partial charge in [-0.25, -0.2) is 0 Å². The first-order valence-electron chi connectivity index (χ1n) is 7.56. The topological polar surface area (TPSA) is 56.8 Å². The molecule has 0 heterocycles. The maximum atomic E-state index is 12.0. The summed E-state index contributed by atoms with van der Waals surface area (Å²) in [5.74, 6) is 1.71. The number of para-hydroxylation sites is 1. The lowest BCUT2D eigenvalue weighted by Crippen LogP contribution is -2.38. The second kappa shape index (κ2) is 9.03. The third kappa shape index (κ3) is 5.35. The fraction of sp³-hybridized carbons (Fsp3) is 0.278. The summed E-state index contributed by atoms with van der Waals surface area (Å²) in [4.78, 5) is 12.0. The zero-order valence-electron chi connectivity index (χ0n) is 13.6. The fourth-order valence-corrected chi connectivity index (χ4v) is 2.14. The van der Waals surface area contributed by atoms with Crippen molar-refractivity contribution in [3.05, 3.63) is 53.6 Å². The van der Waals surface area contributed by atoms with Crippen LogP contribution in [0, 0.1) is 0 Å². The van der Waals surface area contributed by atoms with E-state index >= 15 is 0 Å². The van der Waals surface area contributed by atoms with Gasteiger partial charge in [-0.05, 0) is 43.3 Å². The van der Waals surface area contributed by atoms with E-state index in [1.54, 1.807) is 50.4 Å². The zero-order chi connectivity index (χ0) is 17.4. The third-order valence-electron chi connectivity index (χ3n) is 3.24. The number of ether oxygens (including phenoxy) is 3. The number of methoxy groups -OCH3 is 1. The van der Waals surface area contributed by atoms with Crippen LogP contribution in [0.1, 0.15) is 6.92 Å². The first-order valence-corrected chi connectivity index (χ1v) is 7.93. The van der Waals surface area contributed by atoms with Crippen LogP contribution in [0.25, 0.3) is 0 Å². The SMILES string of the molecule is COc1ccc(O[C@@H](C)C(=O)NCCOc2ccccc2Cl)cc1. The van der Waals surface area contributed by atoms with E-state index in [1.165, 1.54) is 0 Å². The Hall–Kier alpha value is -2.40. The number of amides is 1. The molecule has 0 radical (unpaired) electrons. The van der Waals surface area contributed by atoms with Crippen LogP contribution in [0.4, 0.5) is 0 Å². The molecule has 0 aromatic heterocycles. The van der Waals surface area contributed by atoms with Gasteiger partial charge in [0.05, 0.1) is 18.7 Å². The largest absolute Gasteiger partial charge is 0.497 e. The predicted molar refractivity (Wildman–Crippen MR) is 93.0 cm³/mol. The molecule has 24 heavy (non-hydrogen) atoms. The Kier molecular flexibility index (Phi) is 6.75. The van der Waals surface area contributed by atoms with Gasteiger partial charge in [-0.2, -0.15) is 0 Å². The Bertz CT molecular complexity index is 660. The van der Waals surface area contributed by atoms with Gasteiger partial charge in [0.1, 0.15) is 23.9 Å². The number of carbonyl (C=O) groups excluding carboxylic acids is 1. The number of hydrogen-bond donors (Lipinski definition) is 1. The zero-order valence-corrected chi connectivity index (χ0v) is 14.4. The molecule has 6 heteroatoms. The lowest BCUT2D eigenvalue weighted by atomic mass is 10.3. The number of nitrogens with one attached hydrogen (secondary N) is 1. The maximum absolute atomic E-state index is 12.0. The van der Waals surface area contributed by atoms with Gasteiger partial charge in [0, 0.05) is 0 Å². The maximum Gasteiger partial charge on any atom is 0.260 e. The number of benzene rings is 2. The van der Waals surface area contributed by atoms with E-state index < -0.39 is 6.10 Å². The molecule has 0 saturated carbocycles. The predicted octanol–water partition coefficient (Wildman–Crippen LogP) is 3.31. The summed E-state index contributed by atoms with van der Waals surface area (Å²) >= 11 is 5.99. The average Bonchev–Trinajstić information content (AvgIpc) is 2.60. The lowest BCUT2D eigenvalue weighted by Gasteiger charge is -2.15. The fourth-order valence-electron chi connectivity index (χ4n) is 1.95. The highest BCUT2D eigenvalue weighted by Gasteiger charge is 2.14. The van der Waals surface area contributed by atoms with Gasteiger partial charge in [-0.1, -0.05) is 23.7 Å². The molecule has 1 atom stereocenters. The standard InChI is InChI=1S/C18H20ClNO4/c1-13(24-15-9-7-14(22-2)8-10-15)18(21)20-11-12-23-17-6-4-3-5-16(17)19/h3-10,13H,11-12H2,1-2H3,(H,20,21)/t13-/m0/s1. The van der Waals surface area contributed by atoms with Crippen LogP contribution >= 0.6 is 11.6 Å². The van der Waals surface area contributed by atoms with E-state index in [1.807, 2.05) is 12.1 Å². The molecule has 0 bridgehead atoms. The summed E-state index contributed by atoms with van der Waals surface area (Å²) in [7, 11) is 1.59. The van der Waals surface area contributed by atoms with Crippen molar-refractivity contribution in [2.45, 2.75) is 13.0 Å². The molecule has 0 spiro atoms. The summed E-state index contributed by atoms with van der Waals surface area (Å²) < 4.78 is 16.2. The molecule has 2 aromatic carbocycles. The van der Waals surface area contributed by atoms with Gasteiger partial charge in [0.25, 0.3) is 5.91 Å². The Labute approximate surface area is 146 Å². The summed E-state index contributed by atoms with van der Waals surface area (Å²) in [6, 6.07) is 14.3. The van der Waals surface area contributed by atoms with Crippen molar-refractivity contribution in [1.82, 2.24) is 5.32 Å². The number of carbonyl (C=O) groups is 1. The highest BCUT2D eigenvalue weighted by atomic mass is 35.5. The van der Waals surface area contributed by atoms with Gasteiger partial charge in [-0.3, -0.25) is 4.79 Å².